The minimum atomic E-state index is 0.598. The molecule has 1 aliphatic rings. The van der Waals surface area contributed by atoms with Crippen molar-refractivity contribution in [1.29, 1.82) is 0 Å². The average molecular weight is 175 g/mol. The summed E-state index contributed by atoms with van der Waals surface area (Å²) in [5.41, 5.74) is 0.832. The van der Waals surface area contributed by atoms with Gasteiger partial charge in [0.25, 0.3) is 0 Å². The molecule has 0 saturated heterocycles. The number of rotatable bonds is 2. The van der Waals surface area contributed by atoms with Gasteiger partial charge in [-0.1, -0.05) is 0 Å². The van der Waals surface area contributed by atoms with Crippen LogP contribution in [0, 0.1) is 0 Å². The van der Waals surface area contributed by atoms with Crippen LogP contribution in [0.1, 0.15) is 12.8 Å². The van der Waals surface area contributed by atoms with E-state index in [-0.39, 0.29) is 0 Å². The van der Waals surface area contributed by atoms with Gasteiger partial charge >= 0.3 is 0 Å². The van der Waals surface area contributed by atoms with Gasteiger partial charge in [0.1, 0.15) is 6.33 Å². The van der Waals surface area contributed by atoms with E-state index < -0.39 is 0 Å². The molecule has 2 heterocycles. The number of anilines is 1. The number of aromatic nitrogens is 4. The Bertz CT molecular complexity index is 431. The van der Waals surface area contributed by atoms with Gasteiger partial charge in [-0.3, -0.25) is 4.40 Å². The van der Waals surface area contributed by atoms with Crippen LogP contribution in [0.2, 0.25) is 0 Å². The molecule has 66 valence electrons. The van der Waals surface area contributed by atoms with Gasteiger partial charge in [0.2, 0.25) is 5.95 Å². The summed E-state index contributed by atoms with van der Waals surface area (Å²) < 4.78 is 1.86. The third kappa shape index (κ3) is 1.12. The molecule has 1 saturated carbocycles. The molecular formula is C8H9N5. The number of hydrogen-bond acceptors (Lipinski definition) is 4. The summed E-state index contributed by atoms with van der Waals surface area (Å²) in [6, 6.07) is 2.44. The second kappa shape index (κ2) is 2.42. The molecule has 2 aromatic rings. The lowest BCUT2D eigenvalue weighted by molar-refractivity contribution is 1.01. The molecule has 1 aliphatic carbocycles. The Balaban J connectivity index is 2.09. The first kappa shape index (κ1) is 6.82. The molecule has 0 spiro atoms. The first-order valence-electron chi connectivity index (χ1n) is 4.35. The van der Waals surface area contributed by atoms with Crippen molar-refractivity contribution >= 4 is 11.6 Å². The molecule has 0 bridgehead atoms. The lowest BCUT2D eigenvalue weighted by Crippen LogP contribution is -2.07. The first-order chi connectivity index (χ1) is 6.43. The van der Waals surface area contributed by atoms with Gasteiger partial charge in [-0.05, 0) is 12.8 Å². The van der Waals surface area contributed by atoms with Gasteiger partial charge in [-0.25, -0.2) is 4.98 Å². The average Bonchev–Trinajstić information content (AvgIpc) is 2.83. The molecule has 0 aliphatic heterocycles. The highest BCUT2D eigenvalue weighted by molar-refractivity contribution is 5.44. The molecule has 0 unspecified atom stereocenters. The summed E-state index contributed by atoms with van der Waals surface area (Å²) in [6.07, 6.45) is 5.89. The Kier molecular flexibility index (Phi) is 1.27. The number of hydrogen-bond donors (Lipinski definition) is 1. The molecular weight excluding hydrogens is 166 g/mol. The van der Waals surface area contributed by atoms with E-state index in [1.165, 1.54) is 12.8 Å². The van der Waals surface area contributed by atoms with E-state index in [0.717, 1.165) is 11.6 Å². The zero-order valence-electron chi connectivity index (χ0n) is 7.01. The van der Waals surface area contributed by atoms with Crippen molar-refractivity contribution in [2.75, 3.05) is 5.32 Å². The van der Waals surface area contributed by atoms with Gasteiger partial charge in [-0.2, -0.15) is 0 Å². The Labute approximate surface area is 74.8 Å². The lowest BCUT2D eigenvalue weighted by atomic mass is 10.6. The van der Waals surface area contributed by atoms with E-state index in [4.69, 9.17) is 0 Å². The summed E-state index contributed by atoms with van der Waals surface area (Å²) >= 11 is 0. The topological polar surface area (TPSA) is 55.1 Å². The highest BCUT2D eigenvalue weighted by atomic mass is 15.3. The number of nitrogens with zero attached hydrogens (tertiary/aromatic N) is 4. The first-order valence-corrected chi connectivity index (χ1v) is 4.35. The molecule has 0 aromatic carbocycles. The van der Waals surface area contributed by atoms with Crippen LogP contribution in [0.3, 0.4) is 0 Å². The highest BCUT2D eigenvalue weighted by Crippen LogP contribution is 2.23. The third-order valence-corrected chi connectivity index (χ3v) is 2.13. The van der Waals surface area contributed by atoms with Crippen LogP contribution < -0.4 is 5.32 Å². The number of fused-ring (bicyclic) bond motifs is 1. The summed E-state index contributed by atoms with van der Waals surface area (Å²) in [4.78, 5) is 4.23. The van der Waals surface area contributed by atoms with Crippen LogP contribution in [0.4, 0.5) is 5.95 Å². The van der Waals surface area contributed by atoms with E-state index in [2.05, 4.69) is 20.5 Å². The quantitative estimate of drug-likeness (QED) is 0.729. The van der Waals surface area contributed by atoms with Crippen molar-refractivity contribution < 1.29 is 0 Å². The van der Waals surface area contributed by atoms with E-state index in [1.54, 1.807) is 12.5 Å². The van der Waals surface area contributed by atoms with Crippen LogP contribution >= 0.6 is 0 Å². The second-order valence-electron chi connectivity index (χ2n) is 3.25. The van der Waals surface area contributed by atoms with Crippen LogP contribution in [0.15, 0.2) is 18.6 Å². The smallest absolute Gasteiger partial charge is 0.210 e. The molecule has 2 aromatic heterocycles. The summed E-state index contributed by atoms with van der Waals surface area (Å²) in [6.45, 7) is 0. The van der Waals surface area contributed by atoms with Gasteiger partial charge in [0.05, 0.1) is 0 Å². The van der Waals surface area contributed by atoms with Crippen molar-refractivity contribution in [3.8, 4) is 0 Å². The molecule has 1 N–H and O–H groups in total. The normalized spacial score (nSPS) is 16.3. The van der Waals surface area contributed by atoms with Crippen molar-refractivity contribution in [1.82, 2.24) is 19.6 Å². The Morgan fingerprint density at radius 2 is 2.38 bits per heavy atom. The SMILES string of the molecule is c1cc2nncn2c(NC2CC2)n1. The van der Waals surface area contributed by atoms with Crippen LogP contribution in [0.5, 0.6) is 0 Å². The molecule has 0 radical (unpaired) electrons. The van der Waals surface area contributed by atoms with Crippen molar-refractivity contribution in [2.24, 2.45) is 0 Å². The zero-order chi connectivity index (χ0) is 8.67. The van der Waals surface area contributed by atoms with E-state index >= 15 is 0 Å². The van der Waals surface area contributed by atoms with Gasteiger partial charge in [0.15, 0.2) is 5.65 Å². The van der Waals surface area contributed by atoms with Gasteiger partial charge < -0.3 is 5.32 Å². The molecule has 5 heteroatoms. The second-order valence-corrected chi connectivity index (χ2v) is 3.25. The highest BCUT2D eigenvalue weighted by Gasteiger charge is 2.22. The van der Waals surface area contributed by atoms with E-state index in [9.17, 15) is 0 Å². The largest absolute Gasteiger partial charge is 0.353 e. The van der Waals surface area contributed by atoms with E-state index in [1.807, 2.05) is 10.5 Å². The fourth-order valence-corrected chi connectivity index (χ4v) is 1.27. The molecule has 1 fully saturated rings. The standard InChI is InChI=1S/C8H9N5/c1-2-6(1)11-8-9-4-3-7-12-10-5-13(7)8/h3-6H,1-2H2,(H,9,11). The summed E-state index contributed by atoms with van der Waals surface area (Å²) in [5, 5.41) is 11.1. The molecule has 0 atom stereocenters. The van der Waals surface area contributed by atoms with Crippen molar-refractivity contribution in [3.63, 3.8) is 0 Å². The minimum Gasteiger partial charge on any atom is -0.353 e. The van der Waals surface area contributed by atoms with Crippen LogP contribution in [-0.4, -0.2) is 25.6 Å². The fraction of sp³-hybridized carbons (Fsp3) is 0.375. The molecule has 3 rings (SSSR count). The summed E-state index contributed by atoms with van der Waals surface area (Å²) in [7, 11) is 0. The van der Waals surface area contributed by atoms with E-state index in [0.29, 0.717) is 6.04 Å². The zero-order valence-corrected chi connectivity index (χ0v) is 7.01. The maximum atomic E-state index is 4.23. The number of nitrogens with one attached hydrogen (secondary N) is 1. The van der Waals surface area contributed by atoms with Crippen LogP contribution in [-0.2, 0) is 0 Å². The molecule has 5 nitrogen and oxygen atoms in total. The predicted molar refractivity (Wildman–Crippen MR) is 47.4 cm³/mol. The van der Waals surface area contributed by atoms with Crippen LogP contribution in [0.25, 0.3) is 5.65 Å². The lowest BCUT2D eigenvalue weighted by Gasteiger charge is -2.03. The third-order valence-electron chi connectivity index (χ3n) is 2.13. The fourth-order valence-electron chi connectivity index (χ4n) is 1.27. The maximum absolute atomic E-state index is 4.23. The molecule has 0 amide bonds. The summed E-state index contributed by atoms with van der Waals surface area (Å²) in [5.74, 6) is 0.838. The van der Waals surface area contributed by atoms with Gasteiger partial charge in [-0.15, -0.1) is 10.2 Å². The predicted octanol–water partition coefficient (Wildman–Crippen LogP) is 0.699. The Hall–Kier alpha value is -1.65. The maximum Gasteiger partial charge on any atom is 0.210 e. The molecule has 13 heavy (non-hydrogen) atoms. The van der Waals surface area contributed by atoms with Gasteiger partial charge in [0, 0.05) is 18.3 Å². The Morgan fingerprint density at radius 1 is 1.46 bits per heavy atom. The Morgan fingerprint density at radius 3 is 3.23 bits per heavy atom. The van der Waals surface area contributed by atoms with Crippen molar-refractivity contribution in [2.45, 2.75) is 18.9 Å². The monoisotopic (exact) mass is 175 g/mol. The van der Waals surface area contributed by atoms with Crippen molar-refractivity contribution in [3.05, 3.63) is 18.6 Å². The minimum absolute atomic E-state index is 0.598.